The number of thioether (sulfide) groups is 1. The highest BCUT2D eigenvalue weighted by atomic mass is 32.2. The highest BCUT2D eigenvalue weighted by Crippen LogP contribution is 2.47. The van der Waals surface area contributed by atoms with Gasteiger partial charge >= 0.3 is 5.69 Å². The van der Waals surface area contributed by atoms with Gasteiger partial charge in [-0.2, -0.15) is 0 Å². The molecule has 0 aliphatic carbocycles. The molecule has 0 spiro atoms. The third-order valence-electron chi connectivity index (χ3n) is 6.09. The summed E-state index contributed by atoms with van der Waals surface area (Å²) in [7, 11) is 1.62. The third-order valence-corrected chi connectivity index (χ3v) is 7.40. The molecule has 8 heteroatoms. The first-order valence-corrected chi connectivity index (χ1v) is 12.4. The molecular formula is C28H25N3O4S. The summed E-state index contributed by atoms with van der Waals surface area (Å²) in [6.45, 7) is 3.82. The number of nitrogens with one attached hydrogen (secondary N) is 1. The number of rotatable bonds is 4. The van der Waals surface area contributed by atoms with Crippen molar-refractivity contribution in [2.45, 2.75) is 30.4 Å². The van der Waals surface area contributed by atoms with Crippen molar-refractivity contribution in [3.8, 4) is 17.3 Å². The lowest BCUT2D eigenvalue weighted by atomic mass is 10.0. The summed E-state index contributed by atoms with van der Waals surface area (Å²) in [5, 5.41) is 11.2. The van der Waals surface area contributed by atoms with Crippen molar-refractivity contribution in [1.82, 2.24) is 9.55 Å². The number of para-hydroxylation sites is 2. The van der Waals surface area contributed by atoms with E-state index in [-0.39, 0.29) is 10.8 Å². The van der Waals surface area contributed by atoms with Crippen LogP contribution in [0.25, 0.3) is 5.69 Å². The Balaban J connectivity index is 1.73. The SMILES string of the molecule is COc1ccccc1C1CC(c2c(O)n(-c3cc(C)cc(C)c3)c(=O)[nH]c2=O)=Nc2ccccc2S1. The molecule has 36 heavy (non-hydrogen) atoms. The van der Waals surface area contributed by atoms with Crippen LogP contribution in [0, 0.1) is 13.8 Å². The molecular weight excluding hydrogens is 474 g/mol. The van der Waals surface area contributed by atoms with Gasteiger partial charge in [0.15, 0.2) is 0 Å². The van der Waals surface area contributed by atoms with Gasteiger partial charge < -0.3 is 9.84 Å². The van der Waals surface area contributed by atoms with E-state index in [9.17, 15) is 14.7 Å². The average molecular weight is 500 g/mol. The highest BCUT2D eigenvalue weighted by molar-refractivity contribution is 7.99. The Morgan fingerprint density at radius 3 is 2.47 bits per heavy atom. The minimum absolute atomic E-state index is 0.0223. The Bertz CT molecular complexity index is 1600. The summed E-state index contributed by atoms with van der Waals surface area (Å²) >= 11 is 1.62. The van der Waals surface area contributed by atoms with Gasteiger partial charge in [0.2, 0.25) is 5.88 Å². The molecule has 182 valence electrons. The lowest BCUT2D eigenvalue weighted by Gasteiger charge is -2.19. The second-order valence-electron chi connectivity index (χ2n) is 8.72. The van der Waals surface area contributed by atoms with E-state index in [0.29, 0.717) is 23.5 Å². The Hall–Kier alpha value is -4.04. The van der Waals surface area contributed by atoms with Gasteiger partial charge in [0.05, 0.1) is 24.2 Å². The number of aryl methyl sites for hydroxylation is 2. The summed E-state index contributed by atoms with van der Waals surface area (Å²) in [5.74, 6) is 0.294. The molecule has 0 saturated carbocycles. The smallest absolute Gasteiger partial charge is 0.335 e. The number of fused-ring (bicyclic) bond motifs is 1. The van der Waals surface area contributed by atoms with Crippen LogP contribution in [0.2, 0.25) is 0 Å². The maximum Gasteiger partial charge on any atom is 0.335 e. The monoisotopic (exact) mass is 499 g/mol. The van der Waals surface area contributed by atoms with E-state index in [1.807, 2.05) is 68.4 Å². The van der Waals surface area contributed by atoms with E-state index in [0.717, 1.165) is 31.9 Å². The van der Waals surface area contributed by atoms with Gasteiger partial charge in [0.25, 0.3) is 5.56 Å². The van der Waals surface area contributed by atoms with Crippen LogP contribution in [-0.4, -0.2) is 27.5 Å². The molecule has 1 aliphatic heterocycles. The van der Waals surface area contributed by atoms with E-state index in [1.54, 1.807) is 31.0 Å². The fourth-order valence-corrected chi connectivity index (χ4v) is 5.84. The number of aliphatic imine (C=N–C) groups is 1. The molecule has 2 N–H and O–H groups in total. The van der Waals surface area contributed by atoms with Crippen molar-refractivity contribution in [2.24, 2.45) is 4.99 Å². The molecule has 7 nitrogen and oxygen atoms in total. The number of hydrogen-bond acceptors (Lipinski definition) is 6. The van der Waals surface area contributed by atoms with Crippen LogP contribution in [0.5, 0.6) is 11.6 Å². The zero-order valence-corrected chi connectivity index (χ0v) is 20.9. The zero-order valence-electron chi connectivity index (χ0n) is 20.1. The maximum atomic E-state index is 13.1. The number of aromatic nitrogens is 2. The molecule has 0 saturated heterocycles. The van der Waals surface area contributed by atoms with E-state index < -0.39 is 17.1 Å². The van der Waals surface area contributed by atoms with Gasteiger partial charge in [-0.3, -0.25) is 14.8 Å². The van der Waals surface area contributed by atoms with E-state index in [2.05, 4.69) is 4.98 Å². The first-order chi connectivity index (χ1) is 17.4. The third kappa shape index (κ3) is 4.35. The number of aromatic amines is 1. The summed E-state index contributed by atoms with van der Waals surface area (Å²) in [6.07, 6.45) is 0.335. The normalized spacial score (nSPS) is 15.1. The van der Waals surface area contributed by atoms with Crippen LogP contribution < -0.4 is 16.0 Å². The minimum atomic E-state index is -0.712. The predicted octanol–water partition coefficient (Wildman–Crippen LogP) is 5.21. The quantitative estimate of drug-likeness (QED) is 0.402. The van der Waals surface area contributed by atoms with Crippen LogP contribution in [0.1, 0.15) is 33.9 Å². The van der Waals surface area contributed by atoms with Gasteiger partial charge in [0, 0.05) is 22.1 Å². The molecule has 1 atom stereocenters. The van der Waals surface area contributed by atoms with Gasteiger partial charge in [-0.05, 0) is 55.3 Å². The Morgan fingerprint density at radius 1 is 1.03 bits per heavy atom. The molecule has 4 aromatic rings. The van der Waals surface area contributed by atoms with Gasteiger partial charge in [0.1, 0.15) is 11.3 Å². The second-order valence-corrected chi connectivity index (χ2v) is 9.96. The van der Waals surface area contributed by atoms with Crippen LogP contribution >= 0.6 is 11.8 Å². The Morgan fingerprint density at radius 2 is 1.72 bits per heavy atom. The molecule has 2 heterocycles. The molecule has 0 radical (unpaired) electrons. The second kappa shape index (κ2) is 9.54. The van der Waals surface area contributed by atoms with Crippen LogP contribution in [0.15, 0.2) is 86.2 Å². The number of hydrogen-bond donors (Lipinski definition) is 2. The average Bonchev–Trinajstić information content (AvgIpc) is 3.02. The fraction of sp³-hybridized carbons (Fsp3) is 0.179. The topological polar surface area (TPSA) is 96.7 Å². The maximum absolute atomic E-state index is 13.1. The molecule has 1 unspecified atom stereocenters. The van der Waals surface area contributed by atoms with Crippen molar-refractivity contribution < 1.29 is 9.84 Å². The number of aromatic hydroxyl groups is 1. The molecule has 5 rings (SSSR count). The van der Waals surface area contributed by atoms with Crippen molar-refractivity contribution in [3.63, 3.8) is 0 Å². The van der Waals surface area contributed by atoms with Gasteiger partial charge in [-0.25, -0.2) is 9.36 Å². The van der Waals surface area contributed by atoms with Gasteiger partial charge in [-0.15, -0.1) is 11.8 Å². The van der Waals surface area contributed by atoms with Crippen molar-refractivity contribution >= 4 is 23.2 Å². The predicted molar refractivity (Wildman–Crippen MR) is 143 cm³/mol. The van der Waals surface area contributed by atoms with E-state index in [1.165, 1.54) is 0 Å². The van der Waals surface area contributed by atoms with Crippen molar-refractivity contribution in [1.29, 1.82) is 0 Å². The standard InChI is InChI=1S/C28H25N3O4S/c1-16-12-17(2)14-18(13-16)31-27(33)25(26(32)30-28(31)34)21-15-24(19-8-4-6-10-22(19)35-3)36-23-11-7-5-9-20(23)29-21/h4-14,24,33H,15H2,1-3H3,(H,30,32,34). The molecule has 0 amide bonds. The number of benzene rings is 3. The van der Waals surface area contributed by atoms with Crippen LogP contribution in [0.3, 0.4) is 0 Å². The lowest BCUT2D eigenvalue weighted by Crippen LogP contribution is -2.33. The fourth-order valence-electron chi connectivity index (χ4n) is 4.58. The molecule has 1 aromatic heterocycles. The number of H-pyrrole nitrogens is 1. The minimum Gasteiger partial charge on any atom is -0.496 e. The molecule has 3 aromatic carbocycles. The highest BCUT2D eigenvalue weighted by Gasteiger charge is 2.29. The van der Waals surface area contributed by atoms with E-state index in [4.69, 9.17) is 9.73 Å². The number of nitrogens with zero attached hydrogens (tertiary/aromatic N) is 2. The van der Waals surface area contributed by atoms with Crippen LogP contribution in [-0.2, 0) is 0 Å². The van der Waals surface area contributed by atoms with Crippen molar-refractivity contribution in [3.05, 3.63) is 110 Å². The molecule has 1 aliphatic rings. The van der Waals surface area contributed by atoms with Crippen molar-refractivity contribution in [2.75, 3.05) is 7.11 Å². The number of ether oxygens (including phenoxy) is 1. The van der Waals surface area contributed by atoms with E-state index >= 15 is 0 Å². The summed E-state index contributed by atoms with van der Waals surface area (Å²) in [4.78, 5) is 34.1. The lowest BCUT2D eigenvalue weighted by molar-refractivity contribution is 0.409. The van der Waals surface area contributed by atoms with Gasteiger partial charge in [-0.1, -0.05) is 36.4 Å². The molecule has 0 fully saturated rings. The summed E-state index contributed by atoms with van der Waals surface area (Å²) < 4.78 is 6.74. The first-order valence-electron chi connectivity index (χ1n) is 11.5. The van der Waals surface area contributed by atoms with Crippen LogP contribution in [0.4, 0.5) is 5.69 Å². The zero-order chi connectivity index (χ0) is 25.4. The first kappa shape index (κ1) is 23.7. The largest absolute Gasteiger partial charge is 0.496 e. The number of methoxy groups -OCH3 is 1. The Labute approximate surface area is 212 Å². The summed E-state index contributed by atoms with van der Waals surface area (Å²) in [6, 6.07) is 20.9. The molecule has 0 bridgehead atoms. The Kier molecular flexibility index (Phi) is 6.28. The summed E-state index contributed by atoms with van der Waals surface area (Å²) in [5.41, 5.74) is 2.95.